The summed E-state index contributed by atoms with van der Waals surface area (Å²) in [5.41, 5.74) is 0.895. The maximum Gasteiger partial charge on any atom is 0.254 e. The van der Waals surface area contributed by atoms with Crippen LogP contribution in [0.25, 0.3) is 0 Å². The van der Waals surface area contributed by atoms with Gasteiger partial charge in [0.2, 0.25) is 10.0 Å². The molecule has 1 amide bonds. The maximum atomic E-state index is 13.9. The van der Waals surface area contributed by atoms with Gasteiger partial charge in [-0.15, -0.1) is 0 Å². The molecular weight excluding hydrogens is 478 g/mol. The van der Waals surface area contributed by atoms with Crippen molar-refractivity contribution in [2.75, 3.05) is 0 Å². The second-order valence-corrected chi connectivity index (χ2v) is 9.09. The largest absolute Gasteiger partial charge is 0.348 e. The lowest BCUT2D eigenvalue weighted by Gasteiger charge is -2.10. The van der Waals surface area contributed by atoms with E-state index in [0.29, 0.717) is 15.6 Å². The molecule has 0 aliphatic heterocycles. The number of carbonyl (C=O) groups is 1. The lowest BCUT2D eigenvalue weighted by atomic mass is 10.2. The smallest absolute Gasteiger partial charge is 0.254 e. The van der Waals surface area contributed by atoms with Gasteiger partial charge in [-0.1, -0.05) is 40.2 Å². The Kier molecular flexibility index (Phi) is 6.96. The van der Waals surface area contributed by atoms with E-state index in [1.807, 2.05) is 0 Å². The monoisotopic (exact) mass is 494 g/mol. The third kappa shape index (κ3) is 5.71. The van der Waals surface area contributed by atoms with Crippen LogP contribution in [0.5, 0.6) is 0 Å². The van der Waals surface area contributed by atoms with E-state index in [9.17, 15) is 22.0 Å². The highest BCUT2D eigenvalue weighted by atomic mass is 79.9. The molecule has 0 radical (unpaired) electrons. The van der Waals surface area contributed by atoms with Crippen LogP contribution >= 0.6 is 15.9 Å². The van der Waals surface area contributed by atoms with Crippen molar-refractivity contribution < 1.29 is 22.0 Å². The average molecular weight is 495 g/mol. The quantitative estimate of drug-likeness (QED) is 0.518. The molecule has 2 N–H and O–H groups in total. The maximum absolute atomic E-state index is 13.9. The topological polar surface area (TPSA) is 75.3 Å². The average Bonchev–Trinajstić information content (AvgIpc) is 2.71. The molecule has 3 rings (SSSR count). The van der Waals surface area contributed by atoms with Crippen LogP contribution in [0.2, 0.25) is 0 Å². The highest BCUT2D eigenvalue weighted by Crippen LogP contribution is 2.16. The summed E-state index contributed by atoms with van der Waals surface area (Å²) >= 11 is 3.13. The summed E-state index contributed by atoms with van der Waals surface area (Å²) in [5, 5.41) is 2.57. The fourth-order valence-corrected chi connectivity index (χ4v) is 4.10. The van der Waals surface area contributed by atoms with Crippen molar-refractivity contribution in [3.8, 4) is 0 Å². The summed E-state index contributed by atoms with van der Waals surface area (Å²) in [6.45, 7) is -0.0501. The fourth-order valence-electron chi connectivity index (χ4n) is 2.68. The van der Waals surface area contributed by atoms with E-state index >= 15 is 0 Å². The van der Waals surface area contributed by atoms with Crippen LogP contribution in [0.3, 0.4) is 0 Å². The third-order valence-electron chi connectivity index (χ3n) is 4.19. The van der Waals surface area contributed by atoms with E-state index in [4.69, 9.17) is 0 Å². The van der Waals surface area contributed by atoms with Gasteiger partial charge in [-0.25, -0.2) is 21.9 Å². The van der Waals surface area contributed by atoms with Gasteiger partial charge in [0.1, 0.15) is 11.6 Å². The van der Waals surface area contributed by atoms with Gasteiger partial charge in [0.25, 0.3) is 5.91 Å². The first-order valence-electron chi connectivity index (χ1n) is 8.81. The van der Waals surface area contributed by atoms with Gasteiger partial charge in [0.05, 0.1) is 10.5 Å². The van der Waals surface area contributed by atoms with Gasteiger partial charge >= 0.3 is 0 Å². The van der Waals surface area contributed by atoms with Crippen LogP contribution in [0.4, 0.5) is 8.78 Å². The Morgan fingerprint density at radius 2 is 1.60 bits per heavy atom. The van der Waals surface area contributed by atoms with Crippen LogP contribution < -0.4 is 10.0 Å². The first-order valence-corrected chi connectivity index (χ1v) is 11.1. The molecule has 0 aliphatic carbocycles. The van der Waals surface area contributed by atoms with Gasteiger partial charge in [-0.05, 0) is 53.6 Å². The number of amides is 1. The van der Waals surface area contributed by atoms with Crippen molar-refractivity contribution in [1.29, 1.82) is 0 Å². The molecule has 0 aliphatic rings. The van der Waals surface area contributed by atoms with Gasteiger partial charge in [0.15, 0.2) is 0 Å². The fraction of sp³-hybridized carbons (Fsp3) is 0.0952. The summed E-state index contributed by atoms with van der Waals surface area (Å²) in [6.07, 6.45) is 0. The number of rotatable bonds is 7. The predicted octanol–water partition coefficient (Wildman–Crippen LogP) is 4.14. The Labute approximate surface area is 181 Å². The normalized spacial score (nSPS) is 11.3. The number of hydrogen-bond acceptors (Lipinski definition) is 3. The molecule has 0 saturated heterocycles. The summed E-state index contributed by atoms with van der Waals surface area (Å²) in [6, 6.07) is 15.7. The minimum atomic E-state index is -3.85. The lowest BCUT2D eigenvalue weighted by molar-refractivity contribution is 0.0947. The molecule has 0 heterocycles. The zero-order valence-corrected chi connectivity index (χ0v) is 17.9. The van der Waals surface area contributed by atoms with E-state index in [0.717, 1.165) is 0 Å². The molecule has 0 aromatic heterocycles. The van der Waals surface area contributed by atoms with E-state index in [2.05, 4.69) is 26.0 Å². The highest BCUT2D eigenvalue weighted by Gasteiger charge is 2.15. The van der Waals surface area contributed by atoms with Crippen molar-refractivity contribution in [3.63, 3.8) is 0 Å². The molecule has 3 aromatic rings. The SMILES string of the molecule is O=C(NCc1cccc(S(=O)(=O)NCc2cccc(F)c2)c1)c1ccc(Br)cc1F. The minimum Gasteiger partial charge on any atom is -0.348 e. The van der Waals surface area contributed by atoms with E-state index in [1.54, 1.807) is 24.3 Å². The van der Waals surface area contributed by atoms with Gasteiger partial charge < -0.3 is 5.32 Å². The van der Waals surface area contributed by atoms with Crippen molar-refractivity contribution in [2.45, 2.75) is 18.0 Å². The second kappa shape index (κ2) is 9.46. The minimum absolute atomic E-state index is 0.000439. The third-order valence-corrected chi connectivity index (χ3v) is 6.09. The summed E-state index contributed by atoms with van der Waals surface area (Å²) < 4.78 is 55.1. The molecule has 0 saturated carbocycles. The summed E-state index contributed by atoms with van der Waals surface area (Å²) in [4.78, 5) is 12.2. The van der Waals surface area contributed by atoms with Gasteiger partial charge in [-0.3, -0.25) is 4.79 Å². The molecule has 9 heteroatoms. The van der Waals surface area contributed by atoms with Crippen molar-refractivity contribution in [2.24, 2.45) is 0 Å². The molecule has 0 unspecified atom stereocenters. The molecule has 0 spiro atoms. The number of nitrogens with one attached hydrogen (secondary N) is 2. The molecular formula is C21H17BrF2N2O3S. The van der Waals surface area contributed by atoms with Crippen LogP contribution in [0, 0.1) is 11.6 Å². The van der Waals surface area contributed by atoms with E-state index in [1.165, 1.54) is 42.5 Å². The number of benzene rings is 3. The standard InChI is InChI=1S/C21H17BrF2N2O3S/c22-16-7-8-19(20(24)11-16)21(27)25-12-15-4-2-6-18(10-15)30(28,29)26-13-14-3-1-5-17(23)9-14/h1-11,26H,12-13H2,(H,25,27). The zero-order valence-electron chi connectivity index (χ0n) is 15.5. The summed E-state index contributed by atoms with van der Waals surface area (Å²) in [7, 11) is -3.85. The Morgan fingerprint density at radius 1 is 0.900 bits per heavy atom. The molecule has 3 aromatic carbocycles. The Hall–Kier alpha value is -2.62. The molecule has 5 nitrogen and oxygen atoms in total. The summed E-state index contributed by atoms with van der Waals surface area (Å²) in [5.74, 6) is -1.73. The number of sulfonamides is 1. The first-order chi connectivity index (χ1) is 14.2. The van der Waals surface area contributed by atoms with Crippen LogP contribution in [0.15, 0.2) is 76.1 Å². The number of halogens is 3. The number of hydrogen-bond donors (Lipinski definition) is 2. The Bertz CT molecular complexity index is 1190. The molecule has 0 fully saturated rings. The zero-order chi connectivity index (χ0) is 21.7. The molecule has 0 bridgehead atoms. The Balaban J connectivity index is 1.66. The van der Waals surface area contributed by atoms with Gasteiger partial charge in [0, 0.05) is 17.6 Å². The molecule has 30 heavy (non-hydrogen) atoms. The van der Waals surface area contributed by atoms with Crippen LogP contribution in [-0.4, -0.2) is 14.3 Å². The van der Waals surface area contributed by atoms with Crippen molar-refractivity contribution >= 4 is 31.9 Å². The van der Waals surface area contributed by atoms with E-state index in [-0.39, 0.29) is 23.5 Å². The van der Waals surface area contributed by atoms with Gasteiger partial charge in [-0.2, -0.15) is 0 Å². The van der Waals surface area contributed by atoms with Crippen LogP contribution in [0.1, 0.15) is 21.5 Å². The Morgan fingerprint density at radius 3 is 2.30 bits per heavy atom. The van der Waals surface area contributed by atoms with Crippen molar-refractivity contribution in [3.05, 3.63) is 99.5 Å². The predicted molar refractivity (Wildman–Crippen MR) is 112 cm³/mol. The van der Waals surface area contributed by atoms with Crippen LogP contribution in [-0.2, 0) is 23.1 Å². The second-order valence-electron chi connectivity index (χ2n) is 6.41. The van der Waals surface area contributed by atoms with Crippen molar-refractivity contribution in [1.82, 2.24) is 10.0 Å². The molecule has 156 valence electrons. The first kappa shape index (κ1) is 22.1. The van der Waals surface area contributed by atoms with E-state index < -0.39 is 27.6 Å². The highest BCUT2D eigenvalue weighted by molar-refractivity contribution is 9.10. The lowest BCUT2D eigenvalue weighted by Crippen LogP contribution is -2.25. The number of carbonyl (C=O) groups excluding carboxylic acids is 1. The molecule has 0 atom stereocenters.